The van der Waals surface area contributed by atoms with Gasteiger partial charge in [-0.3, -0.25) is 0 Å². The summed E-state index contributed by atoms with van der Waals surface area (Å²) in [6, 6.07) is 7.96. The standard InChI is InChI=1S/C19H27N/c1-20-19(18-16-8-4-5-9-17(16)18)15-11-10-13-6-2-3-7-14(13)12-15/h10-12,16-20H,2-9H2,1H3. The number of fused-ring (bicyclic) bond motifs is 2. The molecule has 3 aliphatic rings. The highest BCUT2D eigenvalue weighted by Gasteiger charge is 2.54. The van der Waals surface area contributed by atoms with Crippen LogP contribution in [0.3, 0.4) is 0 Å². The molecule has 3 atom stereocenters. The molecule has 1 N–H and O–H groups in total. The lowest BCUT2D eigenvalue weighted by atomic mass is 9.88. The first-order chi connectivity index (χ1) is 9.88. The van der Waals surface area contributed by atoms with Crippen LogP contribution in [0.5, 0.6) is 0 Å². The first kappa shape index (κ1) is 12.9. The van der Waals surface area contributed by atoms with Crippen molar-refractivity contribution in [3.05, 3.63) is 34.9 Å². The zero-order valence-electron chi connectivity index (χ0n) is 12.7. The van der Waals surface area contributed by atoms with E-state index in [4.69, 9.17) is 0 Å². The van der Waals surface area contributed by atoms with Crippen LogP contribution in [0.25, 0.3) is 0 Å². The van der Waals surface area contributed by atoms with Gasteiger partial charge >= 0.3 is 0 Å². The summed E-state index contributed by atoms with van der Waals surface area (Å²) in [5, 5.41) is 3.64. The van der Waals surface area contributed by atoms with Crippen LogP contribution >= 0.6 is 0 Å². The Hall–Kier alpha value is -0.820. The van der Waals surface area contributed by atoms with Crippen LogP contribution in [0.2, 0.25) is 0 Å². The summed E-state index contributed by atoms with van der Waals surface area (Å²) in [6.07, 6.45) is 11.3. The molecule has 2 fully saturated rings. The van der Waals surface area contributed by atoms with Gasteiger partial charge in [0.15, 0.2) is 0 Å². The molecule has 0 amide bonds. The topological polar surface area (TPSA) is 12.0 Å². The summed E-state index contributed by atoms with van der Waals surface area (Å²) in [7, 11) is 2.16. The van der Waals surface area contributed by atoms with Crippen molar-refractivity contribution in [3.8, 4) is 0 Å². The summed E-state index contributed by atoms with van der Waals surface area (Å²) >= 11 is 0. The largest absolute Gasteiger partial charge is 0.313 e. The van der Waals surface area contributed by atoms with E-state index in [1.165, 1.54) is 51.4 Å². The second-order valence-corrected chi connectivity index (χ2v) is 7.19. The molecule has 3 unspecified atom stereocenters. The summed E-state index contributed by atoms with van der Waals surface area (Å²) in [5.41, 5.74) is 4.81. The van der Waals surface area contributed by atoms with E-state index in [9.17, 15) is 0 Å². The molecular weight excluding hydrogens is 242 g/mol. The van der Waals surface area contributed by atoms with Gasteiger partial charge in [-0.1, -0.05) is 31.0 Å². The zero-order valence-corrected chi connectivity index (χ0v) is 12.7. The maximum atomic E-state index is 3.64. The van der Waals surface area contributed by atoms with E-state index in [1.54, 1.807) is 16.7 Å². The normalized spacial score (nSPS) is 33.1. The molecule has 0 radical (unpaired) electrons. The molecule has 0 spiro atoms. The SMILES string of the molecule is CNC(c1ccc2c(c1)CCCC2)C1C2CCCCC21. The zero-order chi connectivity index (χ0) is 13.5. The highest BCUT2D eigenvalue weighted by Crippen LogP contribution is 2.60. The molecule has 20 heavy (non-hydrogen) atoms. The number of aryl methyl sites for hydroxylation is 2. The van der Waals surface area contributed by atoms with E-state index < -0.39 is 0 Å². The van der Waals surface area contributed by atoms with Crippen molar-refractivity contribution >= 4 is 0 Å². The van der Waals surface area contributed by atoms with Crippen molar-refractivity contribution in [2.24, 2.45) is 17.8 Å². The van der Waals surface area contributed by atoms with Gasteiger partial charge in [-0.05, 0) is 80.0 Å². The van der Waals surface area contributed by atoms with E-state index in [0.717, 1.165) is 17.8 Å². The lowest BCUT2D eigenvalue weighted by Gasteiger charge is -2.22. The predicted octanol–water partition coefficient (Wildman–Crippen LogP) is 4.26. The third kappa shape index (κ3) is 2.11. The third-order valence-corrected chi connectivity index (χ3v) is 6.15. The van der Waals surface area contributed by atoms with E-state index >= 15 is 0 Å². The van der Waals surface area contributed by atoms with Crippen molar-refractivity contribution in [3.63, 3.8) is 0 Å². The van der Waals surface area contributed by atoms with E-state index in [1.807, 2.05) is 0 Å². The van der Waals surface area contributed by atoms with Crippen molar-refractivity contribution < 1.29 is 0 Å². The molecule has 0 heterocycles. The molecule has 2 saturated carbocycles. The van der Waals surface area contributed by atoms with Gasteiger partial charge in [-0.2, -0.15) is 0 Å². The second kappa shape index (κ2) is 5.18. The van der Waals surface area contributed by atoms with Gasteiger partial charge in [-0.25, -0.2) is 0 Å². The van der Waals surface area contributed by atoms with E-state index in [0.29, 0.717) is 6.04 Å². The van der Waals surface area contributed by atoms with Gasteiger partial charge in [0.2, 0.25) is 0 Å². The fourth-order valence-electron chi connectivity index (χ4n) is 5.07. The van der Waals surface area contributed by atoms with E-state index in [2.05, 4.69) is 30.6 Å². The molecule has 0 aliphatic heterocycles. The minimum Gasteiger partial charge on any atom is -0.313 e. The lowest BCUT2D eigenvalue weighted by molar-refractivity contribution is 0.480. The van der Waals surface area contributed by atoms with Crippen LogP contribution in [-0.4, -0.2) is 7.05 Å². The molecule has 0 aromatic heterocycles. The van der Waals surface area contributed by atoms with Crippen LogP contribution in [0, 0.1) is 17.8 Å². The number of nitrogens with one attached hydrogen (secondary N) is 1. The summed E-state index contributed by atoms with van der Waals surface area (Å²) in [5.74, 6) is 2.97. The number of hydrogen-bond donors (Lipinski definition) is 1. The highest BCUT2D eigenvalue weighted by atomic mass is 14.9. The van der Waals surface area contributed by atoms with Crippen LogP contribution in [0.4, 0.5) is 0 Å². The molecule has 0 bridgehead atoms. The minimum absolute atomic E-state index is 0.607. The molecule has 1 aromatic rings. The molecule has 0 saturated heterocycles. The summed E-state index contributed by atoms with van der Waals surface area (Å²) in [6.45, 7) is 0. The van der Waals surface area contributed by atoms with Gasteiger partial charge in [0.25, 0.3) is 0 Å². The maximum Gasteiger partial charge on any atom is 0.0351 e. The summed E-state index contributed by atoms with van der Waals surface area (Å²) in [4.78, 5) is 0. The van der Waals surface area contributed by atoms with Crippen molar-refractivity contribution in [2.75, 3.05) is 7.05 Å². The Morgan fingerprint density at radius 2 is 1.65 bits per heavy atom. The van der Waals surface area contributed by atoms with Crippen molar-refractivity contribution in [1.82, 2.24) is 5.32 Å². The molecule has 1 aromatic carbocycles. The Morgan fingerprint density at radius 1 is 0.950 bits per heavy atom. The third-order valence-electron chi connectivity index (χ3n) is 6.15. The molecule has 1 nitrogen and oxygen atoms in total. The predicted molar refractivity (Wildman–Crippen MR) is 83.8 cm³/mol. The van der Waals surface area contributed by atoms with Gasteiger partial charge in [0.1, 0.15) is 0 Å². The van der Waals surface area contributed by atoms with E-state index in [-0.39, 0.29) is 0 Å². The van der Waals surface area contributed by atoms with Gasteiger partial charge in [-0.15, -0.1) is 0 Å². The Balaban J connectivity index is 1.58. The number of hydrogen-bond acceptors (Lipinski definition) is 1. The smallest absolute Gasteiger partial charge is 0.0351 e. The van der Waals surface area contributed by atoms with Crippen molar-refractivity contribution in [2.45, 2.75) is 57.4 Å². The average molecular weight is 269 g/mol. The number of rotatable bonds is 3. The molecule has 1 heteroatoms. The Kier molecular flexibility index (Phi) is 3.34. The lowest BCUT2D eigenvalue weighted by Crippen LogP contribution is -2.20. The molecule has 3 aliphatic carbocycles. The molecule has 108 valence electrons. The second-order valence-electron chi connectivity index (χ2n) is 7.19. The summed E-state index contributed by atoms with van der Waals surface area (Å²) < 4.78 is 0. The van der Waals surface area contributed by atoms with Gasteiger partial charge < -0.3 is 5.32 Å². The minimum atomic E-state index is 0.607. The Morgan fingerprint density at radius 3 is 2.35 bits per heavy atom. The Labute approximate surface area is 123 Å². The van der Waals surface area contributed by atoms with Crippen LogP contribution < -0.4 is 5.32 Å². The molecule has 4 rings (SSSR count). The fourth-order valence-corrected chi connectivity index (χ4v) is 5.07. The monoisotopic (exact) mass is 269 g/mol. The van der Waals surface area contributed by atoms with Crippen LogP contribution in [0.15, 0.2) is 18.2 Å². The van der Waals surface area contributed by atoms with Crippen LogP contribution in [0.1, 0.15) is 61.3 Å². The highest BCUT2D eigenvalue weighted by molar-refractivity contribution is 5.36. The first-order valence-electron chi connectivity index (χ1n) is 8.67. The average Bonchev–Trinajstić information content (AvgIpc) is 3.22. The van der Waals surface area contributed by atoms with Gasteiger partial charge in [0.05, 0.1) is 0 Å². The quantitative estimate of drug-likeness (QED) is 0.864. The number of benzene rings is 1. The van der Waals surface area contributed by atoms with Crippen LogP contribution in [-0.2, 0) is 12.8 Å². The maximum absolute atomic E-state index is 3.64. The fraction of sp³-hybridized carbons (Fsp3) is 0.684. The first-order valence-corrected chi connectivity index (χ1v) is 8.67. The van der Waals surface area contributed by atoms with Gasteiger partial charge in [0, 0.05) is 6.04 Å². The Bertz CT molecular complexity index is 481. The van der Waals surface area contributed by atoms with Crippen molar-refractivity contribution in [1.29, 1.82) is 0 Å². The molecular formula is C19H27N.